The summed E-state index contributed by atoms with van der Waals surface area (Å²) in [7, 11) is 0. The molecule has 0 radical (unpaired) electrons. The van der Waals surface area contributed by atoms with Crippen LogP contribution >= 0.6 is 11.3 Å². The minimum Gasteiger partial charge on any atom is -0.395 e. The number of likely N-dealkylation sites (N-methyl/N-ethyl adjacent to an activating group) is 1. The molecule has 0 amide bonds. The Kier molecular flexibility index (Phi) is 4.15. The summed E-state index contributed by atoms with van der Waals surface area (Å²) in [5, 5.41) is 12.6. The van der Waals surface area contributed by atoms with Gasteiger partial charge in [-0.1, -0.05) is 24.6 Å². The summed E-state index contributed by atoms with van der Waals surface area (Å²) in [4.78, 5) is 2.27. The quantitative estimate of drug-likeness (QED) is 0.880. The van der Waals surface area contributed by atoms with E-state index in [2.05, 4.69) is 42.3 Å². The number of thiophene rings is 1. The highest BCUT2D eigenvalue weighted by Gasteiger charge is 2.08. The van der Waals surface area contributed by atoms with Gasteiger partial charge in [-0.3, -0.25) is 4.90 Å². The molecule has 2 aromatic rings. The molecule has 1 aromatic carbocycles. The molecule has 0 aliphatic carbocycles. The molecule has 0 saturated carbocycles. The molecule has 0 aliphatic rings. The third-order valence-electron chi connectivity index (χ3n) is 3.07. The fourth-order valence-corrected chi connectivity index (χ4v) is 2.98. The van der Waals surface area contributed by atoms with Crippen molar-refractivity contribution in [2.45, 2.75) is 20.4 Å². The zero-order valence-electron chi connectivity index (χ0n) is 10.4. The normalized spacial score (nSPS) is 11.5. The van der Waals surface area contributed by atoms with E-state index in [0.717, 1.165) is 19.6 Å². The highest BCUT2D eigenvalue weighted by molar-refractivity contribution is 7.17. The van der Waals surface area contributed by atoms with Crippen molar-refractivity contribution in [1.29, 1.82) is 0 Å². The van der Waals surface area contributed by atoms with Crippen molar-refractivity contribution in [3.63, 3.8) is 0 Å². The Morgan fingerprint density at radius 2 is 2.18 bits per heavy atom. The number of aliphatic hydroxyl groups excluding tert-OH is 1. The van der Waals surface area contributed by atoms with Gasteiger partial charge in [0.15, 0.2) is 0 Å². The molecule has 1 heterocycles. The molecule has 1 N–H and O–H groups in total. The lowest BCUT2D eigenvalue weighted by molar-refractivity contribution is 0.197. The smallest absolute Gasteiger partial charge is 0.0558 e. The van der Waals surface area contributed by atoms with Crippen LogP contribution in [0.1, 0.15) is 18.1 Å². The van der Waals surface area contributed by atoms with E-state index in [9.17, 15) is 0 Å². The number of nitrogens with zero attached hydrogens (tertiary/aromatic N) is 1. The van der Waals surface area contributed by atoms with Crippen LogP contribution in [0.2, 0.25) is 0 Å². The van der Waals surface area contributed by atoms with Crippen LogP contribution in [-0.4, -0.2) is 29.7 Å². The van der Waals surface area contributed by atoms with E-state index in [1.807, 2.05) is 0 Å². The Labute approximate surface area is 106 Å². The minimum atomic E-state index is 0.231. The summed E-state index contributed by atoms with van der Waals surface area (Å²) in [6.45, 7) is 7.15. The van der Waals surface area contributed by atoms with Gasteiger partial charge in [0.25, 0.3) is 0 Å². The maximum atomic E-state index is 9.01. The molecular weight excluding hydrogens is 230 g/mol. The van der Waals surface area contributed by atoms with Gasteiger partial charge in [-0.05, 0) is 35.9 Å². The molecular formula is C14H19NOS. The summed E-state index contributed by atoms with van der Waals surface area (Å²) in [5.41, 5.74) is 2.69. The summed E-state index contributed by atoms with van der Waals surface area (Å²) in [6, 6.07) is 6.61. The second kappa shape index (κ2) is 5.63. The molecule has 0 fully saturated rings. The lowest BCUT2D eigenvalue weighted by Crippen LogP contribution is -2.25. The second-order valence-electron chi connectivity index (χ2n) is 4.35. The van der Waals surface area contributed by atoms with Gasteiger partial charge in [-0.2, -0.15) is 0 Å². The summed E-state index contributed by atoms with van der Waals surface area (Å²) >= 11 is 1.80. The standard InChI is InChI=1S/C14H19NOS/c1-3-15(6-7-16)9-12-10-17-14-5-4-11(2)8-13(12)14/h4-5,8,10,16H,3,6-7,9H2,1-2H3. The zero-order valence-corrected chi connectivity index (χ0v) is 11.3. The zero-order chi connectivity index (χ0) is 12.3. The molecule has 1 aromatic heterocycles. The molecule has 0 spiro atoms. The lowest BCUT2D eigenvalue weighted by atomic mass is 10.1. The largest absolute Gasteiger partial charge is 0.395 e. The van der Waals surface area contributed by atoms with Gasteiger partial charge in [0.2, 0.25) is 0 Å². The van der Waals surface area contributed by atoms with Crippen LogP contribution in [0.25, 0.3) is 10.1 Å². The molecule has 0 aliphatic heterocycles. The first-order valence-electron chi connectivity index (χ1n) is 6.04. The summed E-state index contributed by atoms with van der Waals surface area (Å²) in [5.74, 6) is 0. The topological polar surface area (TPSA) is 23.5 Å². The Bertz CT molecular complexity index is 492. The Hall–Kier alpha value is -0.900. The number of hydrogen-bond acceptors (Lipinski definition) is 3. The van der Waals surface area contributed by atoms with Crippen LogP contribution in [0.3, 0.4) is 0 Å². The predicted molar refractivity (Wildman–Crippen MR) is 74.6 cm³/mol. The van der Waals surface area contributed by atoms with E-state index in [1.165, 1.54) is 21.2 Å². The van der Waals surface area contributed by atoms with Gasteiger partial charge in [0, 0.05) is 17.8 Å². The van der Waals surface area contributed by atoms with Gasteiger partial charge in [-0.25, -0.2) is 0 Å². The van der Waals surface area contributed by atoms with Crippen molar-refractivity contribution in [2.75, 3.05) is 19.7 Å². The molecule has 17 heavy (non-hydrogen) atoms. The van der Waals surface area contributed by atoms with Crippen LogP contribution in [0.15, 0.2) is 23.6 Å². The first kappa shape index (κ1) is 12.6. The maximum absolute atomic E-state index is 9.01. The van der Waals surface area contributed by atoms with Crippen molar-refractivity contribution in [3.8, 4) is 0 Å². The number of hydrogen-bond donors (Lipinski definition) is 1. The monoisotopic (exact) mass is 249 g/mol. The lowest BCUT2D eigenvalue weighted by Gasteiger charge is -2.18. The van der Waals surface area contributed by atoms with Gasteiger partial charge < -0.3 is 5.11 Å². The van der Waals surface area contributed by atoms with E-state index < -0.39 is 0 Å². The maximum Gasteiger partial charge on any atom is 0.0558 e. The van der Waals surface area contributed by atoms with Gasteiger partial charge >= 0.3 is 0 Å². The molecule has 0 atom stereocenters. The number of rotatable bonds is 5. The van der Waals surface area contributed by atoms with Crippen LogP contribution in [0, 0.1) is 6.92 Å². The number of aliphatic hydroxyl groups is 1. The van der Waals surface area contributed by atoms with Gasteiger partial charge in [0.1, 0.15) is 0 Å². The molecule has 0 saturated heterocycles. The van der Waals surface area contributed by atoms with Crippen molar-refractivity contribution in [1.82, 2.24) is 4.90 Å². The fourth-order valence-electron chi connectivity index (χ4n) is 2.05. The second-order valence-corrected chi connectivity index (χ2v) is 5.26. The van der Waals surface area contributed by atoms with Crippen LogP contribution in [-0.2, 0) is 6.54 Å². The number of fused-ring (bicyclic) bond motifs is 1. The first-order valence-corrected chi connectivity index (χ1v) is 6.92. The number of benzene rings is 1. The first-order chi connectivity index (χ1) is 8.24. The Balaban J connectivity index is 2.26. The third kappa shape index (κ3) is 2.86. The van der Waals surface area contributed by atoms with E-state index in [0.29, 0.717) is 0 Å². The molecule has 2 rings (SSSR count). The highest BCUT2D eigenvalue weighted by Crippen LogP contribution is 2.27. The predicted octanol–water partition coefficient (Wildman–Crippen LogP) is 3.02. The average Bonchev–Trinajstić information content (AvgIpc) is 2.71. The molecule has 2 nitrogen and oxygen atoms in total. The van der Waals surface area contributed by atoms with E-state index in [-0.39, 0.29) is 6.61 Å². The van der Waals surface area contributed by atoms with E-state index >= 15 is 0 Å². The van der Waals surface area contributed by atoms with Crippen molar-refractivity contribution < 1.29 is 5.11 Å². The van der Waals surface area contributed by atoms with Crippen LogP contribution < -0.4 is 0 Å². The van der Waals surface area contributed by atoms with Gasteiger partial charge in [0.05, 0.1) is 6.61 Å². The van der Waals surface area contributed by atoms with E-state index in [1.54, 1.807) is 11.3 Å². The molecule has 0 unspecified atom stereocenters. The SMILES string of the molecule is CCN(CCO)Cc1csc2ccc(C)cc12. The van der Waals surface area contributed by atoms with Crippen LogP contribution in [0.5, 0.6) is 0 Å². The number of aryl methyl sites for hydroxylation is 1. The van der Waals surface area contributed by atoms with Crippen molar-refractivity contribution in [3.05, 3.63) is 34.7 Å². The van der Waals surface area contributed by atoms with Crippen molar-refractivity contribution in [2.24, 2.45) is 0 Å². The molecule has 3 heteroatoms. The average molecular weight is 249 g/mol. The summed E-state index contributed by atoms with van der Waals surface area (Å²) in [6.07, 6.45) is 0. The molecule has 0 bridgehead atoms. The highest BCUT2D eigenvalue weighted by atomic mass is 32.1. The van der Waals surface area contributed by atoms with Crippen LogP contribution in [0.4, 0.5) is 0 Å². The minimum absolute atomic E-state index is 0.231. The summed E-state index contributed by atoms with van der Waals surface area (Å²) < 4.78 is 1.35. The van der Waals surface area contributed by atoms with Gasteiger partial charge in [-0.15, -0.1) is 11.3 Å². The molecule has 92 valence electrons. The van der Waals surface area contributed by atoms with E-state index in [4.69, 9.17) is 5.11 Å². The van der Waals surface area contributed by atoms with Crippen molar-refractivity contribution >= 4 is 21.4 Å². The fraction of sp³-hybridized carbons (Fsp3) is 0.429. The Morgan fingerprint density at radius 3 is 2.88 bits per heavy atom. The Morgan fingerprint density at radius 1 is 1.35 bits per heavy atom. The third-order valence-corrected chi connectivity index (χ3v) is 4.08.